The summed E-state index contributed by atoms with van der Waals surface area (Å²) in [6.45, 7) is 2.36. The molecular formula is C28H30ClF6N7O5. The number of carboxylic acids is 2. The summed E-state index contributed by atoms with van der Waals surface area (Å²) in [6, 6.07) is 13.2. The lowest BCUT2D eigenvalue weighted by Gasteiger charge is -2.30. The molecule has 8 N–H and O–H groups in total. The fourth-order valence-corrected chi connectivity index (χ4v) is 4.24. The number of nitrogens with one attached hydrogen (secondary N) is 2. The van der Waals surface area contributed by atoms with Crippen LogP contribution in [0.15, 0.2) is 47.5 Å². The first kappa shape index (κ1) is 38.3. The summed E-state index contributed by atoms with van der Waals surface area (Å²) < 4.78 is 63.5. The molecule has 19 heteroatoms. The maximum absolute atomic E-state index is 12.9. The first-order valence-electron chi connectivity index (χ1n) is 13.5. The minimum atomic E-state index is -5.08. The number of halogens is 7. The molecule has 1 fully saturated rings. The van der Waals surface area contributed by atoms with Gasteiger partial charge in [-0.1, -0.05) is 48.2 Å². The SMILES string of the molecule is Cc1ccc2nc(C(=O)NCc3ccc(Cl)cc3)nc(NC3CCCCC3N=C(N)N)c2c1.O=C(O)C(F)(F)F.O=C(O)C(F)(F)F. The van der Waals surface area contributed by atoms with E-state index in [9.17, 15) is 31.1 Å². The number of carbonyl (C=O) groups excluding carboxylic acids is 1. The van der Waals surface area contributed by atoms with Gasteiger partial charge in [-0.15, -0.1) is 0 Å². The van der Waals surface area contributed by atoms with Crippen molar-refractivity contribution < 1.29 is 50.9 Å². The molecule has 2 atom stereocenters. The Kier molecular flexibility index (Phi) is 13.5. The van der Waals surface area contributed by atoms with Gasteiger partial charge in [-0.25, -0.2) is 24.5 Å². The normalized spacial score (nSPS) is 16.0. The van der Waals surface area contributed by atoms with Crippen molar-refractivity contribution in [2.24, 2.45) is 16.5 Å². The molecule has 2 unspecified atom stereocenters. The van der Waals surface area contributed by atoms with Crippen molar-refractivity contribution in [2.75, 3.05) is 5.32 Å². The van der Waals surface area contributed by atoms with Gasteiger partial charge in [0.2, 0.25) is 5.82 Å². The van der Waals surface area contributed by atoms with Crippen molar-refractivity contribution in [3.05, 3.63) is 64.4 Å². The van der Waals surface area contributed by atoms with E-state index in [-0.39, 0.29) is 29.8 Å². The van der Waals surface area contributed by atoms with E-state index in [4.69, 9.17) is 42.9 Å². The Hall–Kier alpha value is -4.87. The van der Waals surface area contributed by atoms with Crippen LogP contribution >= 0.6 is 11.6 Å². The van der Waals surface area contributed by atoms with Crippen molar-refractivity contribution in [3.63, 3.8) is 0 Å². The second-order valence-corrected chi connectivity index (χ2v) is 10.4. The van der Waals surface area contributed by atoms with Crippen LogP contribution < -0.4 is 22.1 Å². The van der Waals surface area contributed by atoms with Gasteiger partial charge in [-0.05, 0) is 49.6 Å². The Balaban J connectivity index is 0.000000459. The smallest absolute Gasteiger partial charge is 0.475 e. The van der Waals surface area contributed by atoms with E-state index in [0.717, 1.165) is 42.2 Å². The molecular weight excluding hydrogens is 664 g/mol. The predicted octanol–water partition coefficient (Wildman–Crippen LogP) is 4.78. The number of aliphatic carboxylic acids is 2. The largest absolute Gasteiger partial charge is 0.490 e. The average Bonchev–Trinajstić information content (AvgIpc) is 2.97. The first-order valence-corrected chi connectivity index (χ1v) is 13.9. The maximum atomic E-state index is 12.9. The monoisotopic (exact) mass is 693 g/mol. The number of aryl methyl sites for hydroxylation is 1. The van der Waals surface area contributed by atoms with Crippen LogP contribution in [0.1, 0.15) is 47.4 Å². The summed E-state index contributed by atoms with van der Waals surface area (Å²) in [5.74, 6) is -5.06. The fourth-order valence-electron chi connectivity index (χ4n) is 4.12. The highest BCUT2D eigenvalue weighted by Crippen LogP contribution is 2.28. The Morgan fingerprint density at radius 3 is 2.02 bits per heavy atom. The predicted molar refractivity (Wildman–Crippen MR) is 160 cm³/mol. The number of hydrogen-bond donors (Lipinski definition) is 6. The molecule has 3 aromatic rings. The number of aliphatic imine (C=N–C) groups is 1. The number of benzene rings is 2. The second-order valence-electron chi connectivity index (χ2n) is 9.99. The molecule has 0 spiro atoms. The lowest BCUT2D eigenvalue weighted by atomic mass is 9.90. The van der Waals surface area contributed by atoms with Crippen molar-refractivity contribution in [1.29, 1.82) is 0 Å². The third kappa shape index (κ3) is 12.8. The molecule has 1 aliphatic carbocycles. The van der Waals surface area contributed by atoms with E-state index < -0.39 is 24.3 Å². The summed E-state index contributed by atoms with van der Waals surface area (Å²) in [5.41, 5.74) is 14.0. The van der Waals surface area contributed by atoms with Crippen molar-refractivity contribution in [1.82, 2.24) is 15.3 Å². The number of amides is 1. The number of fused-ring (bicyclic) bond motifs is 1. The number of aromatic nitrogens is 2. The molecule has 0 radical (unpaired) electrons. The highest BCUT2D eigenvalue weighted by molar-refractivity contribution is 6.30. The van der Waals surface area contributed by atoms with Crippen LogP contribution in [-0.4, -0.2) is 68.4 Å². The number of hydrogen-bond acceptors (Lipinski definition) is 7. The molecule has 256 valence electrons. The lowest BCUT2D eigenvalue weighted by molar-refractivity contribution is -0.193. The number of guanidine groups is 1. The number of carboxylic acid groups (broad SMARTS) is 2. The van der Waals surface area contributed by atoms with Crippen LogP contribution in [0, 0.1) is 6.92 Å². The van der Waals surface area contributed by atoms with Gasteiger partial charge in [-0.2, -0.15) is 26.3 Å². The quantitative estimate of drug-likeness (QED) is 0.118. The van der Waals surface area contributed by atoms with Crippen LogP contribution in [0.25, 0.3) is 10.9 Å². The number of alkyl halides is 6. The fraction of sp³-hybridized carbons (Fsp3) is 0.357. The van der Waals surface area contributed by atoms with Crippen LogP contribution in [0.4, 0.5) is 32.2 Å². The number of nitrogens with two attached hydrogens (primary N) is 2. The van der Waals surface area contributed by atoms with E-state index in [0.29, 0.717) is 22.9 Å². The van der Waals surface area contributed by atoms with E-state index in [1.54, 1.807) is 12.1 Å². The van der Waals surface area contributed by atoms with Crippen LogP contribution in [-0.2, 0) is 16.1 Å². The third-order valence-electron chi connectivity index (χ3n) is 6.27. The Bertz CT molecular complexity index is 1560. The summed E-state index contributed by atoms with van der Waals surface area (Å²) in [7, 11) is 0. The van der Waals surface area contributed by atoms with Gasteiger partial charge >= 0.3 is 24.3 Å². The molecule has 1 saturated carbocycles. The zero-order chi connectivity index (χ0) is 35.5. The number of nitrogens with zero attached hydrogens (tertiary/aromatic N) is 3. The first-order chi connectivity index (χ1) is 21.8. The zero-order valence-electron chi connectivity index (χ0n) is 24.5. The molecule has 0 saturated heterocycles. The van der Waals surface area contributed by atoms with Gasteiger partial charge in [0.25, 0.3) is 5.91 Å². The second kappa shape index (κ2) is 16.6. The van der Waals surface area contributed by atoms with Gasteiger partial charge in [-0.3, -0.25) is 4.79 Å². The standard InChI is InChI=1S/C24H28ClN7O.2C2HF3O2/c1-14-6-11-18-17(12-14)21(30-19-4-2-3-5-20(19)31-24(26)27)32-22(29-18)23(33)28-13-15-7-9-16(25)10-8-15;2*3-2(4,5)1(6)7/h6-12,19-20H,2-5,13H2,1H3,(H,28,33)(H4,26,27,31)(H,29,30,32);2*(H,6,7). The van der Waals surface area contributed by atoms with Crippen LogP contribution in [0.5, 0.6) is 0 Å². The topological polar surface area (TPSA) is 206 Å². The average molecular weight is 694 g/mol. The number of carbonyl (C=O) groups is 3. The van der Waals surface area contributed by atoms with Gasteiger partial charge in [0.1, 0.15) is 5.82 Å². The maximum Gasteiger partial charge on any atom is 0.490 e. The van der Waals surface area contributed by atoms with Crippen LogP contribution in [0.2, 0.25) is 5.02 Å². The van der Waals surface area contributed by atoms with Crippen molar-refractivity contribution >= 4 is 52.1 Å². The van der Waals surface area contributed by atoms with Gasteiger partial charge in [0.05, 0.1) is 17.6 Å². The van der Waals surface area contributed by atoms with Gasteiger partial charge in [0, 0.05) is 17.0 Å². The van der Waals surface area contributed by atoms with E-state index in [1.807, 2.05) is 37.3 Å². The van der Waals surface area contributed by atoms with Crippen LogP contribution in [0.3, 0.4) is 0 Å². The molecule has 4 rings (SSSR count). The minimum absolute atomic E-state index is 0.0180. The van der Waals surface area contributed by atoms with Gasteiger partial charge in [0.15, 0.2) is 5.96 Å². The summed E-state index contributed by atoms with van der Waals surface area (Å²) >= 11 is 5.94. The highest BCUT2D eigenvalue weighted by Gasteiger charge is 2.39. The molecule has 2 aromatic carbocycles. The molecule has 12 nitrogen and oxygen atoms in total. The lowest BCUT2D eigenvalue weighted by Crippen LogP contribution is -2.38. The Morgan fingerprint density at radius 1 is 0.936 bits per heavy atom. The molecule has 0 aliphatic heterocycles. The van der Waals surface area contributed by atoms with Crippen molar-refractivity contribution in [3.8, 4) is 0 Å². The highest BCUT2D eigenvalue weighted by atomic mass is 35.5. The van der Waals surface area contributed by atoms with Gasteiger partial charge < -0.3 is 32.3 Å². The Labute approximate surface area is 268 Å². The Morgan fingerprint density at radius 2 is 1.49 bits per heavy atom. The summed E-state index contributed by atoms with van der Waals surface area (Å²) in [6.07, 6.45) is -6.21. The number of rotatable bonds is 6. The van der Waals surface area contributed by atoms with E-state index >= 15 is 0 Å². The molecule has 1 aromatic heterocycles. The van der Waals surface area contributed by atoms with Crippen molar-refractivity contribution in [2.45, 2.75) is 63.6 Å². The third-order valence-corrected chi connectivity index (χ3v) is 6.52. The summed E-state index contributed by atoms with van der Waals surface area (Å²) in [5, 5.41) is 22.2. The zero-order valence-corrected chi connectivity index (χ0v) is 25.2. The molecule has 1 heterocycles. The minimum Gasteiger partial charge on any atom is -0.475 e. The molecule has 1 aliphatic rings. The number of anilines is 1. The van der Waals surface area contributed by atoms with E-state index in [2.05, 4.69) is 25.6 Å². The van der Waals surface area contributed by atoms with E-state index in [1.165, 1.54) is 0 Å². The molecule has 47 heavy (non-hydrogen) atoms. The summed E-state index contributed by atoms with van der Waals surface area (Å²) in [4.78, 5) is 44.2. The molecule has 1 amide bonds. The molecule has 0 bridgehead atoms.